The Labute approximate surface area is 36.3 Å². The number of terminal acetylenes is 1. The molecule has 0 aliphatic carbocycles. The van der Waals surface area contributed by atoms with Crippen LogP contribution in [0.1, 0.15) is 0 Å². The average molecular weight is 85.1 g/mol. The van der Waals surface area contributed by atoms with E-state index in [4.69, 9.17) is 5.41 Å². The van der Waals surface area contributed by atoms with Gasteiger partial charge in [-0.25, -0.2) is 0 Å². The molecule has 0 amide bonds. The molecule has 0 saturated heterocycles. The number of hydrogen-bond acceptors (Lipinski definition) is 1. The van der Waals surface area contributed by atoms with Gasteiger partial charge in [0.1, 0.15) is 5.04 Å². The van der Waals surface area contributed by atoms with Crippen molar-refractivity contribution in [3.8, 4) is 12.3 Å². The Bertz CT molecular complexity index is 79.4. The first-order valence-electron chi connectivity index (χ1n) is 1.01. The summed E-state index contributed by atoms with van der Waals surface area (Å²) in [5.74, 6) is 1.98. The lowest BCUT2D eigenvalue weighted by Gasteiger charge is -1.63. The van der Waals surface area contributed by atoms with Gasteiger partial charge in [-0.15, -0.1) is 19.1 Å². The second-order valence-electron chi connectivity index (χ2n) is 0.493. The Hall–Kier alpha value is -0.420. The highest BCUT2D eigenvalue weighted by Crippen LogP contribution is 1.68. The summed E-state index contributed by atoms with van der Waals surface area (Å²) in [5, 5.41) is 6.35. The largest absolute Gasteiger partial charge is 0.286 e. The number of nitrogens with one attached hydrogen (secondary N) is 1. The lowest BCUT2D eigenvalue weighted by molar-refractivity contribution is 1.58. The van der Waals surface area contributed by atoms with Crippen molar-refractivity contribution < 1.29 is 0 Å². The summed E-state index contributed by atoms with van der Waals surface area (Å²) >= 11 is 3.45. The molecule has 0 aromatic rings. The molecular formula is C3H3NS. The van der Waals surface area contributed by atoms with Crippen LogP contribution in [-0.2, 0) is 0 Å². The SMILES string of the molecule is C#CC(=N)S. The van der Waals surface area contributed by atoms with Gasteiger partial charge < -0.3 is 0 Å². The van der Waals surface area contributed by atoms with Crippen LogP contribution in [0.3, 0.4) is 0 Å². The van der Waals surface area contributed by atoms with E-state index in [1.165, 1.54) is 0 Å². The van der Waals surface area contributed by atoms with E-state index in [0.29, 0.717) is 0 Å². The second-order valence-corrected chi connectivity index (χ2v) is 0.940. The fourth-order valence-electron chi connectivity index (χ4n) is 0. The molecule has 26 valence electrons. The van der Waals surface area contributed by atoms with E-state index in [1.807, 2.05) is 5.92 Å². The topological polar surface area (TPSA) is 23.9 Å². The molecule has 0 fully saturated rings. The van der Waals surface area contributed by atoms with E-state index in [2.05, 4.69) is 19.1 Å². The van der Waals surface area contributed by atoms with E-state index >= 15 is 0 Å². The van der Waals surface area contributed by atoms with Gasteiger partial charge in [0.05, 0.1) is 0 Å². The molecule has 0 aliphatic heterocycles. The standard InChI is InChI=1S/C3H3NS/c1-2-3(4)5/h1H,(H2,4,5). The Kier molecular flexibility index (Phi) is 1.70. The molecule has 0 atom stereocenters. The van der Waals surface area contributed by atoms with Crippen LogP contribution in [0.15, 0.2) is 0 Å². The number of rotatable bonds is 0. The fraction of sp³-hybridized carbons (Fsp3) is 0. The van der Waals surface area contributed by atoms with E-state index < -0.39 is 0 Å². The maximum atomic E-state index is 6.37. The fourth-order valence-corrected chi connectivity index (χ4v) is 0. The molecule has 2 heteroatoms. The molecule has 1 N–H and O–H groups in total. The minimum atomic E-state index is -0.0231. The van der Waals surface area contributed by atoms with E-state index in [9.17, 15) is 0 Å². The summed E-state index contributed by atoms with van der Waals surface area (Å²) < 4.78 is 0. The van der Waals surface area contributed by atoms with Crippen LogP contribution in [0, 0.1) is 17.8 Å². The first-order chi connectivity index (χ1) is 2.27. The highest BCUT2D eigenvalue weighted by molar-refractivity contribution is 7.97. The molecule has 0 aromatic heterocycles. The van der Waals surface area contributed by atoms with Gasteiger partial charge in [0.2, 0.25) is 0 Å². The summed E-state index contributed by atoms with van der Waals surface area (Å²) in [5.41, 5.74) is 0. The normalized spacial score (nSPS) is 5.60. The lowest BCUT2D eigenvalue weighted by Crippen LogP contribution is -1.67. The van der Waals surface area contributed by atoms with E-state index in [0.717, 1.165) is 0 Å². The van der Waals surface area contributed by atoms with Crippen molar-refractivity contribution in [2.45, 2.75) is 0 Å². The van der Waals surface area contributed by atoms with Crippen molar-refractivity contribution in [2.24, 2.45) is 0 Å². The summed E-state index contributed by atoms with van der Waals surface area (Å²) in [6, 6.07) is 0. The summed E-state index contributed by atoms with van der Waals surface area (Å²) in [6.45, 7) is 0. The Morgan fingerprint density at radius 3 is 2.20 bits per heavy atom. The van der Waals surface area contributed by atoms with Crippen LogP contribution in [0.2, 0.25) is 0 Å². The molecule has 0 aromatic carbocycles. The monoisotopic (exact) mass is 85.0 g/mol. The van der Waals surface area contributed by atoms with Gasteiger partial charge in [-0.3, -0.25) is 5.41 Å². The van der Waals surface area contributed by atoms with Crippen molar-refractivity contribution >= 4 is 17.7 Å². The molecule has 0 rings (SSSR count). The van der Waals surface area contributed by atoms with Gasteiger partial charge in [-0.05, 0) is 5.92 Å². The lowest BCUT2D eigenvalue weighted by atomic mass is 10.8. The van der Waals surface area contributed by atoms with Crippen molar-refractivity contribution in [3.63, 3.8) is 0 Å². The first kappa shape index (κ1) is 4.58. The molecule has 0 saturated carbocycles. The van der Waals surface area contributed by atoms with Crippen molar-refractivity contribution in [1.29, 1.82) is 5.41 Å². The van der Waals surface area contributed by atoms with Gasteiger partial charge in [-0.1, -0.05) is 0 Å². The molecular weight excluding hydrogens is 82.1 g/mol. The predicted octanol–water partition coefficient (Wildman–Crippen LogP) is 0.527. The number of hydrogen-bond donors (Lipinski definition) is 2. The zero-order valence-corrected chi connectivity index (χ0v) is 3.42. The molecule has 5 heavy (non-hydrogen) atoms. The van der Waals surface area contributed by atoms with Crippen molar-refractivity contribution in [3.05, 3.63) is 0 Å². The van der Waals surface area contributed by atoms with E-state index in [1.54, 1.807) is 0 Å². The van der Waals surface area contributed by atoms with Crippen molar-refractivity contribution in [2.75, 3.05) is 0 Å². The quantitative estimate of drug-likeness (QED) is 0.185. The summed E-state index contributed by atoms with van der Waals surface area (Å²) in [7, 11) is 0. The van der Waals surface area contributed by atoms with Crippen LogP contribution in [0.25, 0.3) is 0 Å². The summed E-state index contributed by atoms with van der Waals surface area (Å²) in [6.07, 6.45) is 4.62. The molecule has 0 spiro atoms. The highest BCUT2D eigenvalue weighted by atomic mass is 32.1. The first-order valence-corrected chi connectivity index (χ1v) is 1.46. The van der Waals surface area contributed by atoms with Crippen LogP contribution < -0.4 is 0 Å². The van der Waals surface area contributed by atoms with Crippen molar-refractivity contribution in [1.82, 2.24) is 0 Å². The predicted molar refractivity (Wildman–Crippen MR) is 25.5 cm³/mol. The van der Waals surface area contributed by atoms with Gasteiger partial charge in [0.15, 0.2) is 0 Å². The molecule has 0 bridgehead atoms. The van der Waals surface area contributed by atoms with Gasteiger partial charge in [0.25, 0.3) is 0 Å². The molecule has 0 radical (unpaired) electrons. The molecule has 1 nitrogen and oxygen atoms in total. The minimum absolute atomic E-state index is 0.0231. The zero-order valence-electron chi connectivity index (χ0n) is 2.52. The Balaban J connectivity index is 3.35. The third-order valence-corrected chi connectivity index (χ3v) is 0.266. The summed E-state index contributed by atoms with van der Waals surface area (Å²) in [4.78, 5) is 0. The molecule has 0 aliphatic rings. The Morgan fingerprint density at radius 2 is 2.20 bits per heavy atom. The molecule has 0 heterocycles. The second kappa shape index (κ2) is 1.86. The smallest absolute Gasteiger partial charge is 0.135 e. The molecule has 0 unspecified atom stereocenters. The third kappa shape index (κ3) is 3.58. The van der Waals surface area contributed by atoms with Crippen LogP contribution in [0.4, 0.5) is 0 Å². The highest BCUT2D eigenvalue weighted by Gasteiger charge is 1.64. The zero-order chi connectivity index (χ0) is 4.28. The van der Waals surface area contributed by atoms with Gasteiger partial charge >= 0.3 is 0 Å². The van der Waals surface area contributed by atoms with Crippen LogP contribution >= 0.6 is 12.6 Å². The van der Waals surface area contributed by atoms with Crippen LogP contribution in [-0.4, -0.2) is 5.04 Å². The average Bonchev–Trinajstić information content (AvgIpc) is 1.38. The van der Waals surface area contributed by atoms with E-state index in [-0.39, 0.29) is 5.04 Å². The minimum Gasteiger partial charge on any atom is -0.286 e. The number of thiol groups is 1. The maximum Gasteiger partial charge on any atom is 0.135 e. The van der Waals surface area contributed by atoms with Gasteiger partial charge in [-0.2, -0.15) is 0 Å². The Morgan fingerprint density at radius 1 is 2.00 bits per heavy atom. The third-order valence-electron chi connectivity index (χ3n) is 0.137. The maximum absolute atomic E-state index is 6.37. The van der Waals surface area contributed by atoms with Gasteiger partial charge in [0, 0.05) is 0 Å². The van der Waals surface area contributed by atoms with Crippen LogP contribution in [0.5, 0.6) is 0 Å².